The lowest BCUT2D eigenvalue weighted by Crippen LogP contribution is -2.00. The van der Waals surface area contributed by atoms with Gasteiger partial charge < -0.3 is 5.32 Å². The molecule has 0 saturated heterocycles. The molecular weight excluding hydrogens is 202 g/mol. The second kappa shape index (κ2) is 4.30. The van der Waals surface area contributed by atoms with Crippen LogP contribution in [-0.4, -0.2) is 26.8 Å². The molecule has 0 unspecified atom stereocenters. The summed E-state index contributed by atoms with van der Waals surface area (Å²) in [5.74, 6) is 0.769. The van der Waals surface area contributed by atoms with E-state index in [0.29, 0.717) is 6.04 Å². The number of nitrogens with zero attached hydrogens (tertiary/aromatic N) is 4. The number of hydrogen-bond donors (Lipinski definition) is 1. The first-order valence-corrected chi connectivity index (χ1v) is 5.25. The maximum Gasteiger partial charge on any atom is 0.152 e. The number of hydrogen-bond acceptors (Lipinski definition) is 4. The maximum absolute atomic E-state index is 4.31. The predicted octanol–water partition coefficient (Wildman–Crippen LogP) is 1.96. The molecule has 5 nitrogen and oxygen atoms in total. The van der Waals surface area contributed by atoms with Crippen LogP contribution in [0.25, 0.3) is 11.3 Å². The van der Waals surface area contributed by atoms with Crippen LogP contribution in [0.3, 0.4) is 0 Å². The molecule has 84 valence electrons. The van der Waals surface area contributed by atoms with E-state index in [1.165, 1.54) is 0 Å². The van der Waals surface area contributed by atoms with Gasteiger partial charge in [0.05, 0.1) is 6.20 Å². The van der Waals surface area contributed by atoms with Gasteiger partial charge in [-0.05, 0) is 13.8 Å². The lowest BCUT2D eigenvalue weighted by Gasteiger charge is -2.05. The Balaban J connectivity index is 2.42. The van der Waals surface area contributed by atoms with Crippen LogP contribution >= 0.6 is 0 Å². The molecule has 0 aliphatic heterocycles. The first-order valence-electron chi connectivity index (χ1n) is 5.25. The Kier molecular flexibility index (Phi) is 2.85. The number of nitrogens with one attached hydrogen (secondary N) is 1. The fourth-order valence-corrected chi connectivity index (χ4v) is 1.47. The highest BCUT2D eigenvalue weighted by Gasteiger charge is 2.09. The second-order valence-electron chi connectivity index (χ2n) is 3.81. The van der Waals surface area contributed by atoms with E-state index < -0.39 is 0 Å². The summed E-state index contributed by atoms with van der Waals surface area (Å²) in [6.45, 7) is 4.18. The third-order valence-corrected chi connectivity index (χ3v) is 2.34. The van der Waals surface area contributed by atoms with E-state index in [0.717, 1.165) is 17.1 Å². The highest BCUT2D eigenvalue weighted by atomic mass is 15.3. The highest BCUT2D eigenvalue weighted by molar-refractivity contribution is 5.69. The van der Waals surface area contributed by atoms with Crippen molar-refractivity contribution >= 4 is 5.82 Å². The van der Waals surface area contributed by atoms with Gasteiger partial charge in [-0.1, -0.05) is 0 Å². The van der Waals surface area contributed by atoms with Crippen molar-refractivity contribution in [3.8, 4) is 11.3 Å². The molecule has 0 radical (unpaired) electrons. The summed E-state index contributed by atoms with van der Waals surface area (Å²) in [4.78, 5) is 8.53. The monoisotopic (exact) mass is 217 g/mol. The van der Waals surface area contributed by atoms with Crippen LogP contribution < -0.4 is 5.32 Å². The average molecular weight is 217 g/mol. The van der Waals surface area contributed by atoms with E-state index in [1.807, 2.05) is 24.1 Å². The maximum atomic E-state index is 4.31. The van der Waals surface area contributed by atoms with Gasteiger partial charge in [0, 0.05) is 37.2 Å². The van der Waals surface area contributed by atoms with E-state index in [1.54, 1.807) is 12.4 Å². The van der Waals surface area contributed by atoms with Crippen molar-refractivity contribution in [1.29, 1.82) is 0 Å². The summed E-state index contributed by atoms with van der Waals surface area (Å²) in [6.07, 6.45) is 7.14. The van der Waals surface area contributed by atoms with Crippen LogP contribution in [0.4, 0.5) is 5.82 Å². The van der Waals surface area contributed by atoms with Gasteiger partial charge in [0.15, 0.2) is 5.82 Å². The fraction of sp³-hybridized carbons (Fsp3) is 0.364. The van der Waals surface area contributed by atoms with Crippen molar-refractivity contribution in [3.63, 3.8) is 0 Å². The zero-order chi connectivity index (χ0) is 11.5. The van der Waals surface area contributed by atoms with Crippen LogP contribution in [0.15, 0.2) is 24.8 Å². The Morgan fingerprint density at radius 1 is 1.25 bits per heavy atom. The van der Waals surface area contributed by atoms with E-state index in [2.05, 4.69) is 34.2 Å². The average Bonchev–Trinajstić information content (AvgIpc) is 2.78. The standard InChI is InChI=1S/C11H15N5/c1-8(2)16-7-9(6-15-16)10-11(12-3)14-5-4-13-10/h4-8H,1-3H3,(H,12,14). The molecule has 0 saturated carbocycles. The van der Waals surface area contributed by atoms with E-state index in [9.17, 15) is 0 Å². The summed E-state index contributed by atoms with van der Waals surface area (Å²) in [7, 11) is 1.83. The van der Waals surface area contributed by atoms with Crippen LogP contribution in [0, 0.1) is 0 Å². The smallest absolute Gasteiger partial charge is 0.152 e. The Bertz CT molecular complexity index is 475. The quantitative estimate of drug-likeness (QED) is 0.853. The molecule has 0 fully saturated rings. The summed E-state index contributed by atoms with van der Waals surface area (Å²) in [5.41, 5.74) is 1.81. The summed E-state index contributed by atoms with van der Waals surface area (Å²) < 4.78 is 1.91. The SMILES string of the molecule is CNc1nccnc1-c1cnn(C(C)C)c1. The molecule has 0 spiro atoms. The van der Waals surface area contributed by atoms with Crippen LogP contribution in [0.2, 0.25) is 0 Å². The molecule has 2 aromatic heterocycles. The number of anilines is 1. The molecule has 0 aromatic carbocycles. The Hall–Kier alpha value is -1.91. The van der Waals surface area contributed by atoms with Crippen molar-refractivity contribution in [2.24, 2.45) is 0 Å². The van der Waals surface area contributed by atoms with Crippen molar-refractivity contribution in [2.75, 3.05) is 12.4 Å². The van der Waals surface area contributed by atoms with Crippen molar-refractivity contribution in [3.05, 3.63) is 24.8 Å². The minimum atomic E-state index is 0.350. The normalized spacial score (nSPS) is 10.8. The molecule has 0 aliphatic carbocycles. The molecule has 1 N–H and O–H groups in total. The van der Waals surface area contributed by atoms with E-state index in [4.69, 9.17) is 0 Å². The van der Waals surface area contributed by atoms with Crippen molar-refractivity contribution in [2.45, 2.75) is 19.9 Å². The molecule has 2 heterocycles. The van der Waals surface area contributed by atoms with Gasteiger partial charge in [-0.3, -0.25) is 9.67 Å². The molecule has 0 aliphatic rings. The molecule has 0 amide bonds. The molecule has 0 bridgehead atoms. The number of rotatable bonds is 3. The third kappa shape index (κ3) is 1.88. The second-order valence-corrected chi connectivity index (χ2v) is 3.81. The summed E-state index contributed by atoms with van der Waals surface area (Å²) in [5, 5.41) is 7.31. The van der Waals surface area contributed by atoms with Crippen LogP contribution in [-0.2, 0) is 0 Å². The van der Waals surface area contributed by atoms with Crippen LogP contribution in [0.1, 0.15) is 19.9 Å². The Morgan fingerprint density at radius 3 is 2.62 bits per heavy atom. The number of aromatic nitrogens is 4. The molecule has 16 heavy (non-hydrogen) atoms. The van der Waals surface area contributed by atoms with Gasteiger partial charge in [-0.2, -0.15) is 5.10 Å². The first-order chi connectivity index (χ1) is 7.72. The van der Waals surface area contributed by atoms with Gasteiger partial charge in [0.2, 0.25) is 0 Å². The zero-order valence-corrected chi connectivity index (χ0v) is 9.68. The lowest BCUT2D eigenvalue weighted by molar-refractivity contribution is 0.532. The topological polar surface area (TPSA) is 55.6 Å². The summed E-state index contributed by atoms with van der Waals surface area (Å²) >= 11 is 0. The lowest BCUT2D eigenvalue weighted by atomic mass is 10.2. The summed E-state index contributed by atoms with van der Waals surface area (Å²) in [6, 6.07) is 0.350. The molecular formula is C11H15N5. The fourth-order valence-electron chi connectivity index (χ4n) is 1.47. The van der Waals surface area contributed by atoms with E-state index >= 15 is 0 Å². The van der Waals surface area contributed by atoms with Gasteiger partial charge in [0.25, 0.3) is 0 Å². The minimum absolute atomic E-state index is 0.350. The minimum Gasteiger partial charge on any atom is -0.371 e. The predicted molar refractivity (Wildman–Crippen MR) is 63.2 cm³/mol. The first kappa shape index (κ1) is 10.6. The Morgan fingerprint density at radius 2 is 2.00 bits per heavy atom. The van der Waals surface area contributed by atoms with Gasteiger partial charge in [-0.25, -0.2) is 4.98 Å². The van der Waals surface area contributed by atoms with Gasteiger partial charge in [0.1, 0.15) is 5.69 Å². The van der Waals surface area contributed by atoms with Gasteiger partial charge in [-0.15, -0.1) is 0 Å². The molecule has 5 heteroatoms. The highest BCUT2D eigenvalue weighted by Crippen LogP contribution is 2.23. The van der Waals surface area contributed by atoms with Crippen LogP contribution in [0.5, 0.6) is 0 Å². The molecule has 2 rings (SSSR count). The third-order valence-electron chi connectivity index (χ3n) is 2.34. The van der Waals surface area contributed by atoms with Gasteiger partial charge >= 0.3 is 0 Å². The van der Waals surface area contributed by atoms with Crippen molar-refractivity contribution < 1.29 is 0 Å². The largest absolute Gasteiger partial charge is 0.371 e. The molecule has 0 atom stereocenters. The van der Waals surface area contributed by atoms with Crippen molar-refractivity contribution in [1.82, 2.24) is 19.7 Å². The van der Waals surface area contributed by atoms with E-state index in [-0.39, 0.29) is 0 Å². The zero-order valence-electron chi connectivity index (χ0n) is 9.68. The molecule has 2 aromatic rings. The Labute approximate surface area is 94.5 Å².